The van der Waals surface area contributed by atoms with Crippen LogP contribution in [0.5, 0.6) is 0 Å². The van der Waals surface area contributed by atoms with Crippen molar-refractivity contribution in [2.24, 2.45) is 5.73 Å². The van der Waals surface area contributed by atoms with Crippen LogP contribution in [0.25, 0.3) is 0 Å². The van der Waals surface area contributed by atoms with E-state index in [1.54, 1.807) is 30.3 Å². The van der Waals surface area contributed by atoms with Crippen molar-refractivity contribution < 1.29 is 18.4 Å². The first-order valence-electron chi connectivity index (χ1n) is 11.2. The highest BCUT2D eigenvalue weighted by atomic mass is 19.1. The van der Waals surface area contributed by atoms with Gasteiger partial charge in [-0.05, 0) is 61.3 Å². The molecule has 10 heteroatoms. The summed E-state index contributed by atoms with van der Waals surface area (Å²) in [5.74, 6) is -1.44. The topological polar surface area (TPSA) is 121 Å². The summed E-state index contributed by atoms with van der Waals surface area (Å²) in [6, 6.07) is 12.0. The number of rotatable bonds is 9. The van der Waals surface area contributed by atoms with Crippen LogP contribution in [0.15, 0.2) is 54.7 Å². The molecule has 0 spiro atoms. The minimum atomic E-state index is -0.671. The Morgan fingerprint density at radius 2 is 1.77 bits per heavy atom. The average molecular weight is 481 g/mol. The number of nitrogens with one attached hydrogen (secondary N) is 4. The van der Waals surface area contributed by atoms with E-state index in [1.807, 2.05) is 0 Å². The van der Waals surface area contributed by atoms with Crippen LogP contribution in [0.4, 0.5) is 31.7 Å². The maximum Gasteiger partial charge on any atom is 0.241 e. The van der Waals surface area contributed by atoms with Crippen LogP contribution in [0, 0.1) is 11.6 Å². The Labute approximate surface area is 201 Å². The molecular weight excluding hydrogens is 454 g/mol. The summed E-state index contributed by atoms with van der Waals surface area (Å²) in [4.78, 5) is 28.1. The number of aromatic nitrogens is 1. The average Bonchev–Trinajstić information content (AvgIpc) is 3.35. The molecule has 1 aromatic heterocycles. The molecule has 0 radical (unpaired) electrons. The molecule has 0 aliphatic carbocycles. The lowest BCUT2D eigenvalue weighted by molar-refractivity contribution is -0.118. The van der Waals surface area contributed by atoms with Gasteiger partial charge in [-0.3, -0.25) is 9.59 Å². The zero-order chi connectivity index (χ0) is 24.8. The Balaban J connectivity index is 1.45. The van der Waals surface area contributed by atoms with Gasteiger partial charge in [0, 0.05) is 47.5 Å². The van der Waals surface area contributed by atoms with Crippen LogP contribution in [0.1, 0.15) is 24.0 Å². The molecule has 1 aliphatic heterocycles. The van der Waals surface area contributed by atoms with Crippen molar-refractivity contribution in [3.8, 4) is 0 Å². The molecule has 2 amide bonds. The number of anilines is 4. The van der Waals surface area contributed by atoms with Gasteiger partial charge in [-0.25, -0.2) is 13.8 Å². The van der Waals surface area contributed by atoms with Gasteiger partial charge in [-0.2, -0.15) is 0 Å². The molecule has 1 aliphatic rings. The maximum atomic E-state index is 13.5. The molecule has 2 heterocycles. The largest absolute Gasteiger partial charge is 0.381 e. The van der Waals surface area contributed by atoms with Gasteiger partial charge in [-0.15, -0.1) is 0 Å². The molecule has 0 saturated carbocycles. The Morgan fingerprint density at radius 1 is 1.06 bits per heavy atom. The Hall–Kier alpha value is -4.05. The first-order valence-corrected chi connectivity index (χ1v) is 11.2. The number of pyridine rings is 1. The number of nitrogens with two attached hydrogens (primary N) is 1. The number of amides is 2. The van der Waals surface area contributed by atoms with Crippen LogP contribution in [-0.4, -0.2) is 29.4 Å². The smallest absolute Gasteiger partial charge is 0.241 e. The minimum Gasteiger partial charge on any atom is -0.381 e. The summed E-state index contributed by atoms with van der Waals surface area (Å²) in [5, 5.41) is 12.3. The summed E-state index contributed by atoms with van der Waals surface area (Å²) in [7, 11) is 0. The molecule has 2 aromatic carbocycles. The number of hydrogen-bond acceptors (Lipinski definition) is 6. The molecular formula is C25H26F2N6O2. The highest BCUT2D eigenvalue weighted by Gasteiger charge is 2.21. The number of primary amides is 1. The molecule has 0 unspecified atom stereocenters. The van der Waals surface area contributed by atoms with E-state index in [9.17, 15) is 18.4 Å². The summed E-state index contributed by atoms with van der Waals surface area (Å²) in [6.07, 6.45) is 3.29. The van der Waals surface area contributed by atoms with E-state index in [2.05, 4.69) is 26.3 Å². The molecule has 3 aromatic rings. The molecule has 6 N–H and O–H groups in total. The number of nitrogens with zero attached hydrogens (tertiary/aromatic N) is 1. The van der Waals surface area contributed by atoms with Crippen LogP contribution in [0.3, 0.4) is 0 Å². The predicted molar refractivity (Wildman–Crippen MR) is 130 cm³/mol. The molecule has 35 heavy (non-hydrogen) atoms. The summed E-state index contributed by atoms with van der Waals surface area (Å²) in [5.41, 5.74) is 8.28. The zero-order valence-electron chi connectivity index (χ0n) is 18.9. The predicted octanol–water partition coefficient (Wildman–Crippen LogP) is 3.43. The number of benzene rings is 2. The lowest BCUT2D eigenvalue weighted by Crippen LogP contribution is -2.35. The fraction of sp³-hybridized carbons (Fsp3) is 0.240. The highest BCUT2D eigenvalue weighted by Crippen LogP contribution is 2.24. The summed E-state index contributed by atoms with van der Waals surface area (Å²) >= 11 is 0. The highest BCUT2D eigenvalue weighted by molar-refractivity contribution is 5.95. The number of hydrogen-bond donors (Lipinski definition) is 5. The zero-order valence-corrected chi connectivity index (χ0v) is 18.9. The van der Waals surface area contributed by atoms with E-state index in [0.29, 0.717) is 28.3 Å². The molecule has 182 valence electrons. The second-order valence-electron chi connectivity index (χ2n) is 8.34. The Morgan fingerprint density at radius 3 is 2.43 bits per heavy atom. The van der Waals surface area contributed by atoms with Crippen molar-refractivity contribution in [1.29, 1.82) is 0 Å². The van der Waals surface area contributed by atoms with Crippen molar-refractivity contribution in [3.63, 3.8) is 0 Å². The Kier molecular flexibility index (Phi) is 7.51. The minimum absolute atomic E-state index is 0.0443. The standard InChI is InChI=1S/C25H26F2N6O2/c26-17-8-15(9-18(27)11-17)13-30-22-12-24(31-14-16(22)10-23(28)34)32-19-3-5-20(6-4-19)33-25(35)21-2-1-7-29-21/h3-6,8-9,11-12,14,21,29H,1-2,7,10,13H2,(H2,28,34)(H,33,35)(H2,30,31,32)/t21-/m0/s1. The third kappa shape index (κ3) is 6.73. The Bertz CT molecular complexity index is 1190. The lowest BCUT2D eigenvalue weighted by Gasteiger charge is -2.15. The fourth-order valence-corrected chi connectivity index (χ4v) is 3.88. The summed E-state index contributed by atoms with van der Waals surface area (Å²) < 4.78 is 27.0. The molecule has 8 nitrogen and oxygen atoms in total. The second-order valence-corrected chi connectivity index (χ2v) is 8.34. The van der Waals surface area contributed by atoms with Gasteiger partial charge in [0.1, 0.15) is 17.5 Å². The van der Waals surface area contributed by atoms with E-state index in [-0.39, 0.29) is 24.9 Å². The molecule has 4 rings (SSSR count). The van der Waals surface area contributed by atoms with Gasteiger partial charge in [0.25, 0.3) is 0 Å². The van der Waals surface area contributed by atoms with E-state index in [1.165, 1.54) is 18.3 Å². The van der Waals surface area contributed by atoms with Gasteiger partial charge >= 0.3 is 0 Å². The SMILES string of the molecule is NC(=O)Cc1cnc(Nc2ccc(NC(=O)[C@@H]3CCCN3)cc2)cc1NCc1cc(F)cc(F)c1. The first-order chi connectivity index (χ1) is 16.9. The van der Waals surface area contributed by atoms with Crippen molar-refractivity contribution in [2.75, 3.05) is 22.5 Å². The molecule has 1 atom stereocenters. The van der Waals surface area contributed by atoms with E-state index >= 15 is 0 Å². The first kappa shape index (κ1) is 24.1. The van der Waals surface area contributed by atoms with Crippen LogP contribution in [0.2, 0.25) is 0 Å². The van der Waals surface area contributed by atoms with E-state index in [0.717, 1.165) is 31.1 Å². The maximum absolute atomic E-state index is 13.5. The monoisotopic (exact) mass is 480 g/mol. The summed E-state index contributed by atoms with van der Waals surface area (Å²) in [6.45, 7) is 0.982. The van der Waals surface area contributed by atoms with Gasteiger partial charge in [0.05, 0.1) is 12.5 Å². The van der Waals surface area contributed by atoms with Crippen molar-refractivity contribution in [3.05, 3.63) is 77.5 Å². The van der Waals surface area contributed by atoms with Crippen molar-refractivity contribution >= 4 is 34.7 Å². The quantitative estimate of drug-likeness (QED) is 0.320. The van der Waals surface area contributed by atoms with Gasteiger partial charge in [0.2, 0.25) is 11.8 Å². The third-order valence-corrected chi connectivity index (χ3v) is 5.56. The van der Waals surface area contributed by atoms with Crippen LogP contribution >= 0.6 is 0 Å². The normalized spacial score (nSPS) is 15.0. The van der Waals surface area contributed by atoms with Crippen molar-refractivity contribution in [2.45, 2.75) is 31.8 Å². The van der Waals surface area contributed by atoms with Gasteiger partial charge in [-0.1, -0.05) is 0 Å². The van der Waals surface area contributed by atoms with Crippen LogP contribution < -0.4 is 27.0 Å². The molecule has 1 saturated heterocycles. The fourth-order valence-electron chi connectivity index (χ4n) is 3.88. The second kappa shape index (κ2) is 10.9. The lowest BCUT2D eigenvalue weighted by atomic mass is 10.1. The van der Waals surface area contributed by atoms with E-state index < -0.39 is 17.5 Å². The number of halogens is 2. The third-order valence-electron chi connectivity index (χ3n) is 5.56. The van der Waals surface area contributed by atoms with E-state index in [4.69, 9.17) is 5.73 Å². The number of carbonyl (C=O) groups is 2. The molecule has 0 bridgehead atoms. The van der Waals surface area contributed by atoms with Gasteiger partial charge in [0.15, 0.2) is 0 Å². The molecule has 1 fully saturated rings. The number of carbonyl (C=O) groups excluding carboxylic acids is 2. The van der Waals surface area contributed by atoms with Crippen molar-refractivity contribution in [1.82, 2.24) is 10.3 Å². The van der Waals surface area contributed by atoms with Crippen LogP contribution in [-0.2, 0) is 22.6 Å². The van der Waals surface area contributed by atoms with Gasteiger partial charge < -0.3 is 27.0 Å².